The maximum atomic E-state index is 8.51. The number of hydrogen-bond donors (Lipinski definition) is 1. The molecule has 3 rings (SSSR count). The molecule has 0 saturated heterocycles. The molecule has 1 aromatic carbocycles. The third-order valence-electron chi connectivity index (χ3n) is 3.39. The molecule has 0 bridgehead atoms. The summed E-state index contributed by atoms with van der Waals surface area (Å²) in [6.45, 7) is 6.17. The molecule has 128 valence electrons. The standard InChI is InChI=1S/C10H11N3S.C10H11N/c1-7-3-4-11-9(5-7)13-10-12-8(2)6-14-10;1-2-3-9-4-6-10(8-11)7-5-9/h3-6H,1-2H3,(H,11,12,13);4-7H,2-3H2,1H3. The van der Waals surface area contributed by atoms with Crippen molar-refractivity contribution in [3.63, 3.8) is 0 Å². The van der Waals surface area contributed by atoms with E-state index in [4.69, 9.17) is 5.26 Å². The van der Waals surface area contributed by atoms with E-state index in [1.165, 1.54) is 11.1 Å². The highest BCUT2D eigenvalue weighted by Crippen LogP contribution is 2.19. The Labute approximate surface area is 153 Å². The number of nitrogens with one attached hydrogen (secondary N) is 1. The van der Waals surface area contributed by atoms with E-state index in [2.05, 4.69) is 28.3 Å². The SMILES string of the molecule is CCCc1ccc(C#N)cc1.Cc1ccnc(Nc2nc(C)cs2)c1. The zero-order valence-corrected chi connectivity index (χ0v) is 15.6. The van der Waals surface area contributed by atoms with Gasteiger partial charge >= 0.3 is 0 Å². The quantitative estimate of drug-likeness (QED) is 0.683. The minimum absolute atomic E-state index is 0.741. The normalized spacial score (nSPS) is 9.68. The van der Waals surface area contributed by atoms with Gasteiger partial charge in [0, 0.05) is 11.6 Å². The molecule has 0 saturated carbocycles. The van der Waals surface area contributed by atoms with Crippen LogP contribution in [0.2, 0.25) is 0 Å². The van der Waals surface area contributed by atoms with E-state index in [9.17, 15) is 0 Å². The molecule has 0 radical (unpaired) electrons. The fourth-order valence-electron chi connectivity index (χ4n) is 2.16. The molecule has 0 fully saturated rings. The van der Waals surface area contributed by atoms with Crippen molar-refractivity contribution < 1.29 is 0 Å². The van der Waals surface area contributed by atoms with Crippen LogP contribution < -0.4 is 5.32 Å². The third-order valence-corrected chi connectivity index (χ3v) is 4.27. The topological polar surface area (TPSA) is 61.6 Å². The summed E-state index contributed by atoms with van der Waals surface area (Å²) in [4.78, 5) is 8.50. The molecule has 0 aliphatic rings. The van der Waals surface area contributed by atoms with Crippen molar-refractivity contribution in [2.24, 2.45) is 0 Å². The second-order valence-electron chi connectivity index (χ2n) is 5.70. The van der Waals surface area contributed by atoms with Gasteiger partial charge in [-0.2, -0.15) is 5.26 Å². The van der Waals surface area contributed by atoms with Crippen LogP contribution in [0.1, 0.15) is 35.7 Å². The molecule has 0 unspecified atom stereocenters. The lowest BCUT2D eigenvalue weighted by Crippen LogP contribution is -1.92. The van der Waals surface area contributed by atoms with E-state index < -0.39 is 0 Å². The number of thiazole rings is 1. The predicted molar refractivity (Wildman–Crippen MR) is 104 cm³/mol. The minimum Gasteiger partial charge on any atom is -0.316 e. The number of pyridine rings is 1. The molecule has 0 amide bonds. The van der Waals surface area contributed by atoms with Gasteiger partial charge in [0.1, 0.15) is 5.82 Å². The number of aromatic nitrogens is 2. The molecule has 2 heterocycles. The fourth-order valence-corrected chi connectivity index (χ4v) is 2.86. The van der Waals surface area contributed by atoms with Crippen LogP contribution in [-0.4, -0.2) is 9.97 Å². The molecule has 25 heavy (non-hydrogen) atoms. The maximum Gasteiger partial charge on any atom is 0.188 e. The number of nitrogens with zero attached hydrogens (tertiary/aromatic N) is 3. The van der Waals surface area contributed by atoms with E-state index in [1.807, 2.05) is 55.6 Å². The van der Waals surface area contributed by atoms with Gasteiger partial charge in [-0.1, -0.05) is 25.5 Å². The number of hydrogen-bond acceptors (Lipinski definition) is 5. The van der Waals surface area contributed by atoms with Crippen LogP contribution in [-0.2, 0) is 6.42 Å². The molecule has 0 aliphatic heterocycles. The number of nitriles is 1. The highest BCUT2D eigenvalue weighted by molar-refractivity contribution is 7.13. The predicted octanol–water partition coefficient (Wildman–Crippen LogP) is 5.41. The first-order chi connectivity index (χ1) is 12.1. The van der Waals surface area contributed by atoms with Crippen molar-refractivity contribution in [2.75, 3.05) is 5.32 Å². The van der Waals surface area contributed by atoms with Crippen LogP contribution >= 0.6 is 11.3 Å². The van der Waals surface area contributed by atoms with Crippen LogP contribution in [0.15, 0.2) is 48.0 Å². The highest BCUT2D eigenvalue weighted by Gasteiger charge is 1.99. The largest absolute Gasteiger partial charge is 0.316 e. The zero-order chi connectivity index (χ0) is 18.1. The number of benzene rings is 1. The van der Waals surface area contributed by atoms with Gasteiger partial charge in [0.25, 0.3) is 0 Å². The van der Waals surface area contributed by atoms with Crippen molar-refractivity contribution in [3.8, 4) is 6.07 Å². The van der Waals surface area contributed by atoms with Gasteiger partial charge in [0.15, 0.2) is 5.13 Å². The van der Waals surface area contributed by atoms with Crippen LogP contribution in [0.5, 0.6) is 0 Å². The lowest BCUT2D eigenvalue weighted by molar-refractivity contribution is 0.922. The summed E-state index contributed by atoms with van der Waals surface area (Å²) in [5, 5.41) is 14.6. The van der Waals surface area contributed by atoms with E-state index in [1.54, 1.807) is 17.5 Å². The van der Waals surface area contributed by atoms with Crippen molar-refractivity contribution in [2.45, 2.75) is 33.6 Å². The van der Waals surface area contributed by atoms with Gasteiger partial charge in [-0.25, -0.2) is 9.97 Å². The van der Waals surface area contributed by atoms with E-state index >= 15 is 0 Å². The Bertz CT molecular complexity index is 831. The van der Waals surface area contributed by atoms with Crippen LogP contribution in [0.25, 0.3) is 0 Å². The molecular weight excluding hydrogens is 328 g/mol. The summed E-state index contributed by atoms with van der Waals surface area (Å²) < 4.78 is 0. The zero-order valence-electron chi connectivity index (χ0n) is 14.8. The smallest absolute Gasteiger partial charge is 0.188 e. The average molecular weight is 350 g/mol. The van der Waals surface area contributed by atoms with Crippen molar-refractivity contribution in [3.05, 3.63) is 70.4 Å². The second-order valence-corrected chi connectivity index (χ2v) is 6.55. The van der Waals surface area contributed by atoms with E-state index in [0.29, 0.717) is 0 Å². The van der Waals surface area contributed by atoms with Crippen molar-refractivity contribution >= 4 is 22.3 Å². The summed E-state index contributed by atoms with van der Waals surface area (Å²) in [6.07, 6.45) is 4.05. The first kappa shape index (κ1) is 18.6. The van der Waals surface area contributed by atoms with Gasteiger partial charge in [-0.3, -0.25) is 0 Å². The monoisotopic (exact) mass is 350 g/mol. The maximum absolute atomic E-state index is 8.51. The average Bonchev–Trinajstić information content (AvgIpc) is 3.01. The number of anilines is 2. The van der Waals surface area contributed by atoms with Gasteiger partial charge in [0.05, 0.1) is 17.3 Å². The van der Waals surface area contributed by atoms with Crippen molar-refractivity contribution in [1.29, 1.82) is 5.26 Å². The molecular formula is C20H22N4S. The minimum atomic E-state index is 0.741. The molecule has 4 nitrogen and oxygen atoms in total. The fraction of sp³-hybridized carbons (Fsp3) is 0.250. The Kier molecular flexibility index (Phi) is 7.12. The van der Waals surface area contributed by atoms with Crippen LogP contribution in [0.3, 0.4) is 0 Å². The Hall–Kier alpha value is -2.71. The van der Waals surface area contributed by atoms with E-state index in [0.717, 1.165) is 35.0 Å². The third kappa shape index (κ3) is 6.36. The lowest BCUT2D eigenvalue weighted by Gasteiger charge is -2.01. The summed E-state index contributed by atoms with van der Waals surface area (Å²) in [7, 11) is 0. The van der Waals surface area contributed by atoms with Crippen molar-refractivity contribution in [1.82, 2.24) is 9.97 Å². The second kappa shape index (κ2) is 9.55. The summed E-state index contributed by atoms with van der Waals surface area (Å²) in [6, 6.07) is 13.8. The summed E-state index contributed by atoms with van der Waals surface area (Å²) in [5.41, 5.74) is 4.28. The summed E-state index contributed by atoms with van der Waals surface area (Å²) >= 11 is 1.59. The molecule has 0 atom stereocenters. The van der Waals surface area contributed by atoms with Gasteiger partial charge in [0.2, 0.25) is 0 Å². The Morgan fingerprint density at radius 3 is 2.48 bits per heavy atom. The van der Waals surface area contributed by atoms with Crippen LogP contribution in [0, 0.1) is 25.2 Å². The highest BCUT2D eigenvalue weighted by atomic mass is 32.1. The molecule has 0 aliphatic carbocycles. The number of rotatable bonds is 4. The Balaban J connectivity index is 0.000000186. The molecule has 0 spiro atoms. The molecule has 3 aromatic rings. The lowest BCUT2D eigenvalue weighted by atomic mass is 10.1. The van der Waals surface area contributed by atoms with Gasteiger partial charge < -0.3 is 5.32 Å². The van der Waals surface area contributed by atoms with E-state index in [-0.39, 0.29) is 0 Å². The molecule has 5 heteroatoms. The Morgan fingerprint density at radius 2 is 1.92 bits per heavy atom. The molecule has 2 aromatic heterocycles. The molecule has 1 N–H and O–H groups in total. The van der Waals surface area contributed by atoms with Gasteiger partial charge in [-0.05, 0) is 55.7 Å². The van der Waals surface area contributed by atoms with Gasteiger partial charge in [-0.15, -0.1) is 11.3 Å². The van der Waals surface area contributed by atoms with Crippen LogP contribution in [0.4, 0.5) is 10.9 Å². The summed E-state index contributed by atoms with van der Waals surface area (Å²) in [5.74, 6) is 0.847. The first-order valence-electron chi connectivity index (χ1n) is 8.21. The Morgan fingerprint density at radius 1 is 1.16 bits per heavy atom. The first-order valence-corrected chi connectivity index (χ1v) is 9.09. The number of aryl methyl sites for hydroxylation is 3.